The van der Waals surface area contributed by atoms with E-state index in [1.165, 1.54) is 6.92 Å². The average molecular weight is 492 g/mol. The molecule has 32 heavy (non-hydrogen) atoms. The number of hydrogen-bond acceptors (Lipinski definition) is 5. The van der Waals surface area contributed by atoms with Crippen molar-refractivity contribution in [3.05, 3.63) is 28.8 Å². The number of halogens is 7. The third kappa shape index (κ3) is 7.05. The Labute approximate surface area is 183 Å². The van der Waals surface area contributed by atoms with Crippen molar-refractivity contribution in [1.29, 1.82) is 0 Å². The van der Waals surface area contributed by atoms with Crippen LogP contribution in [0.4, 0.5) is 36.8 Å². The molecule has 1 heterocycles. The predicted octanol–water partition coefficient (Wildman–Crippen LogP) is 3.97. The van der Waals surface area contributed by atoms with E-state index in [1.54, 1.807) is 23.1 Å². The monoisotopic (exact) mass is 491 g/mol. The van der Waals surface area contributed by atoms with Crippen molar-refractivity contribution in [1.82, 2.24) is 9.80 Å². The number of nitrogens with zero attached hydrogens (tertiary/aromatic N) is 2. The van der Waals surface area contributed by atoms with Crippen LogP contribution in [0.3, 0.4) is 0 Å². The molecular weight excluding hydrogens is 472 g/mol. The molecule has 1 saturated heterocycles. The molecule has 0 aliphatic carbocycles. The number of carboxylic acids is 1. The number of nitrogens with one attached hydrogen (secondary N) is 1. The Hall–Kier alpha value is -2.41. The van der Waals surface area contributed by atoms with Crippen molar-refractivity contribution in [2.45, 2.75) is 38.0 Å². The summed E-state index contributed by atoms with van der Waals surface area (Å²) in [5.41, 5.74) is 1.14. The van der Waals surface area contributed by atoms with Gasteiger partial charge in [-0.3, -0.25) is 9.69 Å². The lowest BCUT2D eigenvalue weighted by Crippen LogP contribution is -2.52. The number of carbonyl (C=O) groups excluding carboxylic acids is 1. The van der Waals surface area contributed by atoms with Crippen LogP contribution in [0.25, 0.3) is 0 Å². The normalized spacial score (nSPS) is 16.7. The maximum atomic E-state index is 12.6. The maximum Gasteiger partial charge on any atom is 0.434 e. The molecule has 2 N–H and O–H groups in total. The Morgan fingerprint density at radius 1 is 1.12 bits per heavy atom. The van der Waals surface area contributed by atoms with Gasteiger partial charge in [0.05, 0.1) is 0 Å². The van der Waals surface area contributed by atoms with Gasteiger partial charge in [-0.15, -0.1) is 0 Å². The SMILES string of the molecule is C[C@H](Nc1cc(Cl)ccc1CN1CCN(C(=O)OC(C(F)(F)F)C(F)(F)F)CC1)C(=O)O. The summed E-state index contributed by atoms with van der Waals surface area (Å²) in [6.45, 7) is 1.71. The van der Waals surface area contributed by atoms with Crippen molar-refractivity contribution >= 4 is 29.4 Å². The molecule has 0 saturated carbocycles. The van der Waals surface area contributed by atoms with E-state index in [4.69, 9.17) is 16.7 Å². The van der Waals surface area contributed by atoms with E-state index >= 15 is 0 Å². The molecule has 1 amide bonds. The zero-order chi connectivity index (χ0) is 24.3. The van der Waals surface area contributed by atoms with E-state index in [9.17, 15) is 35.9 Å². The lowest BCUT2D eigenvalue weighted by molar-refractivity contribution is -0.308. The van der Waals surface area contributed by atoms with E-state index in [1.807, 2.05) is 0 Å². The molecule has 0 spiro atoms. The average Bonchev–Trinajstić information content (AvgIpc) is 2.66. The van der Waals surface area contributed by atoms with Crippen LogP contribution in [0, 0.1) is 0 Å². The minimum Gasteiger partial charge on any atom is -0.480 e. The largest absolute Gasteiger partial charge is 0.480 e. The molecule has 180 valence electrons. The van der Waals surface area contributed by atoms with Crippen LogP contribution in [0.2, 0.25) is 5.02 Å². The van der Waals surface area contributed by atoms with Crippen LogP contribution in [0.15, 0.2) is 18.2 Å². The van der Waals surface area contributed by atoms with Gasteiger partial charge in [-0.1, -0.05) is 17.7 Å². The van der Waals surface area contributed by atoms with Gasteiger partial charge in [-0.2, -0.15) is 26.3 Å². The third-order valence-electron chi connectivity index (χ3n) is 4.65. The third-order valence-corrected chi connectivity index (χ3v) is 4.89. The Bertz CT molecular complexity index is 814. The van der Waals surface area contributed by atoms with Gasteiger partial charge in [0.25, 0.3) is 6.10 Å². The molecule has 1 atom stereocenters. The zero-order valence-corrected chi connectivity index (χ0v) is 17.4. The van der Waals surface area contributed by atoms with Gasteiger partial charge in [0.2, 0.25) is 0 Å². The first kappa shape index (κ1) is 25.8. The lowest BCUT2D eigenvalue weighted by atomic mass is 10.1. The first-order chi connectivity index (χ1) is 14.7. The molecule has 0 bridgehead atoms. The summed E-state index contributed by atoms with van der Waals surface area (Å²) in [6.07, 6.45) is -17.4. The van der Waals surface area contributed by atoms with Crippen LogP contribution < -0.4 is 5.32 Å². The fraction of sp³-hybridized carbons (Fsp3) is 0.556. The molecule has 0 unspecified atom stereocenters. The van der Waals surface area contributed by atoms with Crippen molar-refractivity contribution in [2.24, 2.45) is 0 Å². The van der Waals surface area contributed by atoms with Crippen molar-refractivity contribution in [3.8, 4) is 0 Å². The number of carboxylic acid groups (broad SMARTS) is 1. The van der Waals surface area contributed by atoms with E-state index in [2.05, 4.69) is 10.1 Å². The number of benzene rings is 1. The van der Waals surface area contributed by atoms with Crippen LogP contribution in [-0.4, -0.2) is 77.6 Å². The first-order valence-electron chi connectivity index (χ1n) is 9.27. The van der Waals surface area contributed by atoms with E-state index in [0.717, 1.165) is 4.90 Å². The fourth-order valence-corrected chi connectivity index (χ4v) is 3.11. The highest BCUT2D eigenvalue weighted by atomic mass is 35.5. The number of ether oxygens (including phenoxy) is 1. The highest BCUT2D eigenvalue weighted by Crippen LogP contribution is 2.36. The molecule has 1 aliphatic rings. The summed E-state index contributed by atoms with van der Waals surface area (Å²) in [4.78, 5) is 25.5. The number of amides is 1. The molecule has 0 aromatic heterocycles. The summed E-state index contributed by atoms with van der Waals surface area (Å²) >= 11 is 5.96. The number of rotatable bonds is 6. The quantitative estimate of drug-likeness (QED) is 0.586. The zero-order valence-electron chi connectivity index (χ0n) is 16.6. The topological polar surface area (TPSA) is 82.1 Å². The highest BCUT2D eigenvalue weighted by molar-refractivity contribution is 6.30. The van der Waals surface area contributed by atoms with Gasteiger partial charge in [0, 0.05) is 43.4 Å². The number of hydrogen-bond donors (Lipinski definition) is 2. The van der Waals surface area contributed by atoms with Gasteiger partial charge in [-0.05, 0) is 24.6 Å². The smallest absolute Gasteiger partial charge is 0.434 e. The Balaban J connectivity index is 1.99. The Morgan fingerprint density at radius 2 is 1.69 bits per heavy atom. The minimum absolute atomic E-state index is 0.147. The number of aliphatic carboxylic acids is 1. The number of carbonyl (C=O) groups is 2. The van der Waals surface area contributed by atoms with Crippen LogP contribution >= 0.6 is 11.6 Å². The highest BCUT2D eigenvalue weighted by Gasteiger charge is 2.60. The molecule has 2 rings (SSSR count). The summed E-state index contributed by atoms with van der Waals surface area (Å²) in [5, 5.41) is 12.2. The molecule has 7 nitrogen and oxygen atoms in total. The molecule has 1 aromatic rings. The van der Waals surface area contributed by atoms with Crippen LogP contribution in [-0.2, 0) is 16.1 Å². The maximum absolute atomic E-state index is 12.6. The lowest BCUT2D eigenvalue weighted by Gasteiger charge is -2.35. The first-order valence-corrected chi connectivity index (χ1v) is 9.65. The van der Waals surface area contributed by atoms with Gasteiger partial charge >= 0.3 is 24.4 Å². The number of piperazine rings is 1. The van der Waals surface area contributed by atoms with E-state index in [-0.39, 0.29) is 32.7 Å². The molecule has 1 fully saturated rings. The molecular formula is C18H20ClF6N3O4. The van der Waals surface area contributed by atoms with Crippen molar-refractivity contribution in [3.63, 3.8) is 0 Å². The van der Waals surface area contributed by atoms with Crippen molar-refractivity contribution < 1.29 is 45.8 Å². The minimum atomic E-state index is -5.78. The van der Waals surface area contributed by atoms with E-state index < -0.39 is 36.6 Å². The molecule has 1 aliphatic heterocycles. The number of anilines is 1. The molecule has 0 radical (unpaired) electrons. The molecule has 1 aromatic carbocycles. The van der Waals surface area contributed by atoms with Crippen LogP contribution in [0.1, 0.15) is 12.5 Å². The summed E-state index contributed by atoms with van der Waals surface area (Å²) in [6, 6.07) is 3.89. The fourth-order valence-electron chi connectivity index (χ4n) is 2.94. The van der Waals surface area contributed by atoms with Gasteiger partial charge < -0.3 is 20.1 Å². The Kier molecular flexibility index (Phi) is 8.10. The predicted molar refractivity (Wildman–Crippen MR) is 101 cm³/mol. The van der Waals surface area contributed by atoms with Crippen molar-refractivity contribution in [2.75, 3.05) is 31.5 Å². The standard InChI is InChI=1S/C18H20ClF6N3O4/c1-10(14(29)30)26-13-8-12(19)3-2-11(13)9-27-4-6-28(7-5-27)16(31)32-15(17(20,21)22)18(23,24)25/h2-3,8,10,15,26H,4-7,9H2,1H3,(H,29,30)/t10-/m0/s1. The van der Waals surface area contributed by atoms with E-state index in [0.29, 0.717) is 16.3 Å². The summed E-state index contributed by atoms with van der Waals surface area (Å²) < 4.78 is 79.2. The van der Waals surface area contributed by atoms with Gasteiger partial charge in [0.1, 0.15) is 6.04 Å². The summed E-state index contributed by atoms with van der Waals surface area (Å²) in [7, 11) is 0. The molecule has 14 heteroatoms. The second-order valence-electron chi connectivity index (χ2n) is 7.12. The van der Waals surface area contributed by atoms with Gasteiger partial charge in [-0.25, -0.2) is 4.79 Å². The second kappa shape index (κ2) is 10.0. The van der Waals surface area contributed by atoms with Crippen LogP contribution in [0.5, 0.6) is 0 Å². The van der Waals surface area contributed by atoms with Gasteiger partial charge in [0.15, 0.2) is 0 Å². The Morgan fingerprint density at radius 3 is 2.19 bits per heavy atom. The second-order valence-corrected chi connectivity index (χ2v) is 7.55. The number of alkyl halides is 6. The summed E-state index contributed by atoms with van der Waals surface area (Å²) in [5.74, 6) is -1.08.